The first-order chi connectivity index (χ1) is 11.1. The lowest BCUT2D eigenvalue weighted by molar-refractivity contribution is 0.338. The second kappa shape index (κ2) is 6.17. The molecular weight excluding hydrogens is 300 g/mol. The summed E-state index contributed by atoms with van der Waals surface area (Å²) in [5.41, 5.74) is 6.37. The molecule has 1 aromatic rings. The fourth-order valence-corrected chi connectivity index (χ4v) is 4.81. The van der Waals surface area contributed by atoms with Crippen LogP contribution in [0.25, 0.3) is 5.57 Å². The third-order valence-corrected chi connectivity index (χ3v) is 6.02. The highest BCUT2D eigenvalue weighted by Crippen LogP contribution is 2.60. The first-order valence-electron chi connectivity index (χ1n) is 8.57. The van der Waals surface area contributed by atoms with Gasteiger partial charge < -0.3 is 0 Å². The molecule has 1 fully saturated rings. The van der Waals surface area contributed by atoms with E-state index in [0.717, 1.165) is 23.8 Å². The van der Waals surface area contributed by atoms with E-state index in [-0.39, 0.29) is 5.41 Å². The summed E-state index contributed by atoms with van der Waals surface area (Å²) in [5.74, 6) is 0.760. The quantitative estimate of drug-likeness (QED) is 0.520. The lowest BCUT2D eigenvalue weighted by Crippen LogP contribution is -2.33. The maximum atomic E-state index is 6.59. The standard InChI is InChI=1S/C22H25Cl/c1-5-9-18-17(7-3)21-19(10-8-11-20(21)23)22(18)13-12-16(6-2)14-15(22)4/h5,7-11,16H,1,4,6,12-14H2,2-3H3/b17-7+,18-9?/t16-,22?/m1/s1. The second-order valence-corrected chi connectivity index (χ2v) is 7.11. The number of hydrogen-bond donors (Lipinski definition) is 0. The van der Waals surface area contributed by atoms with Gasteiger partial charge in [0.25, 0.3) is 0 Å². The van der Waals surface area contributed by atoms with Crippen LogP contribution in [0.5, 0.6) is 0 Å². The van der Waals surface area contributed by atoms with E-state index in [1.165, 1.54) is 40.7 Å². The Hall–Kier alpha value is -1.53. The van der Waals surface area contributed by atoms with Crippen molar-refractivity contribution in [3.05, 3.63) is 76.9 Å². The average molecular weight is 325 g/mol. The Morgan fingerprint density at radius 3 is 2.78 bits per heavy atom. The summed E-state index contributed by atoms with van der Waals surface area (Å²) >= 11 is 6.59. The SMILES string of the molecule is C=CC=C1/C(=C\C)c2c(Cl)cccc2C12CC[C@@H](CC)CC2=C. The van der Waals surface area contributed by atoms with Crippen LogP contribution in [0.2, 0.25) is 5.02 Å². The molecule has 1 saturated carbocycles. The zero-order chi connectivity index (χ0) is 16.6. The van der Waals surface area contributed by atoms with Crippen molar-refractivity contribution in [1.82, 2.24) is 0 Å². The predicted molar refractivity (Wildman–Crippen MR) is 102 cm³/mol. The second-order valence-electron chi connectivity index (χ2n) is 6.71. The van der Waals surface area contributed by atoms with Crippen LogP contribution in [0.1, 0.15) is 50.7 Å². The first-order valence-corrected chi connectivity index (χ1v) is 8.95. The molecular formula is C22H25Cl. The zero-order valence-electron chi connectivity index (χ0n) is 14.2. The number of hydrogen-bond acceptors (Lipinski definition) is 0. The highest BCUT2D eigenvalue weighted by atomic mass is 35.5. The van der Waals surface area contributed by atoms with Crippen molar-refractivity contribution in [1.29, 1.82) is 0 Å². The van der Waals surface area contributed by atoms with Crippen LogP contribution in [0.3, 0.4) is 0 Å². The molecule has 3 rings (SSSR count). The van der Waals surface area contributed by atoms with Crippen molar-refractivity contribution in [2.45, 2.75) is 44.9 Å². The van der Waals surface area contributed by atoms with E-state index < -0.39 is 0 Å². The van der Waals surface area contributed by atoms with Gasteiger partial charge in [0.05, 0.1) is 0 Å². The Morgan fingerprint density at radius 1 is 1.39 bits per heavy atom. The Balaban J connectivity index is 2.27. The molecule has 0 N–H and O–H groups in total. The van der Waals surface area contributed by atoms with E-state index >= 15 is 0 Å². The summed E-state index contributed by atoms with van der Waals surface area (Å²) in [6, 6.07) is 6.31. The Kier molecular flexibility index (Phi) is 4.38. The molecule has 0 saturated heterocycles. The van der Waals surface area contributed by atoms with Gasteiger partial charge in [-0.15, -0.1) is 0 Å². The number of fused-ring (bicyclic) bond motifs is 2. The third-order valence-electron chi connectivity index (χ3n) is 5.71. The summed E-state index contributed by atoms with van der Waals surface area (Å²) in [6.45, 7) is 12.9. The lowest BCUT2D eigenvalue weighted by Gasteiger charge is -2.41. The molecule has 2 atom stereocenters. The maximum absolute atomic E-state index is 6.59. The third kappa shape index (κ3) is 2.27. The van der Waals surface area contributed by atoms with Crippen molar-refractivity contribution in [2.24, 2.45) is 5.92 Å². The van der Waals surface area contributed by atoms with Gasteiger partial charge in [0.1, 0.15) is 0 Å². The monoisotopic (exact) mass is 324 g/mol. The molecule has 2 aliphatic rings. The van der Waals surface area contributed by atoms with Gasteiger partial charge >= 0.3 is 0 Å². The van der Waals surface area contributed by atoms with Gasteiger partial charge in [0.2, 0.25) is 0 Å². The fourth-order valence-electron chi connectivity index (χ4n) is 4.53. The van der Waals surface area contributed by atoms with Gasteiger partial charge in [0, 0.05) is 16.0 Å². The van der Waals surface area contributed by atoms with Crippen LogP contribution in [0.15, 0.2) is 60.7 Å². The normalized spacial score (nSPS) is 30.2. The Labute approximate surface area is 145 Å². The Morgan fingerprint density at radius 2 is 2.17 bits per heavy atom. The molecule has 0 radical (unpaired) electrons. The van der Waals surface area contributed by atoms with Crippen LogP contribution in [-0.2, 0) is 5.41 Å². The molecule has 1 unspecified atom stereocenters. The molecule has 120 valence electrons. The highest BCUT2D eigenvalue weighted by Gasteiger charge is 2.49. The summed E-state index contributed by atoms with van der Waals surface area (Å²) in [6.07, 6.45) is 11.0. The van der Waals surface area contributed by atoms with Crippen LogP contribution >= 0.6 is 11.6 Å². The lowest BCUT2D eigenvalue weighted by atomic mass is 9.62. The molecule has 0 heterocycles. The van der Waals surface area contributed by atoms with Gasteiger partial charge in [-0.1, -0.05) is 74.0 Å². The smallest absolute Gasteiger partial charge is 0.0487 e. The van der Waals surface area contributed by atoms with E-state index in [1.807, 2.05) is 12.1 Å². The number of allylic oxidation sites excluding steroid dienone is 6. The summed E-state index contributed by atoms with van der Waals surface area (Å²) in [7, 11) is 0. The minimum Gasteiger partial charge on any atom is -0.0991 e. The van der Waals surface area contributed by atoms with Gasteiger partial charge in [0.15, 0.2) is 0 Å². The fraction of sp³-hybridized carbons (Fsp3) is 0.364. The zero-order valence-corrected chi connectivity index (χ0v) is 14.9. The van der Waals surface area contributed by atoms with Gasteiger partial charge in [-0.25, -0.2) is 0 Å². The molecule has 1 heteroatoms. The van der Waals surface area contributed by atoms with E-state index in [2.05, 4.69) is 51.3 Å². The predicted octanol–water partition coefficient (Wildman–Crippen LogP) is 6.87. The van der Waals surface area contributed by atoms with Crippen molar-refractivity contribution in [2.75, 3.05) is 0 Å². The molecule has 2 aliphatic carbocycles. The van der Waals surface area contributed by atoms with Crippen LogP contribution < -0.4 is 0 Å². The van der Waals surface area contributed by atoms with E-state index in [4.69, 9.17) is 11.6 Å². The topological polar surface area (TPSA) is 0 Å². The minimum atomic E-state index is -0.0814. The van der Waals surface area contributed by atoms with Crippen molar-refractivity contribution >= 4 is 17.2 Å². The van der Waals surface area contributed by atoms with E-state index in [9.17, 15) is 0 Å². The molecule has 0 aromatic heterocycles. The van der Waals surface area contributed by atoms with Gasteiger partial charge in [-0.2, -0.15) is 0 Å². The minimum absolute atomic E-state index is 0.0814. The van der Waals surface area contributed by atoms with E-state index in [0.29, 0.717) is 0 Å². The van der Waals surface area contributed by atoms with Crippen LogP contribution in [-0.4, -0.2) is 0 Å². The summed E-state index contributed by atoms with van der Waals surface area (Å²) < 4.78 is 0. The molecule has 1 spiro atoms. The van der Waals surface area contributed by atoms with E-state index in [1.54, 1.807) is 0 Å². The summed E-state index contributed by atoms with van der Waals surface area (Å²) in [5, 5.41) is 0.841. The molecule has 0 aliphatic heterocycles. The largest absolute Gasteiger partial charge is 0.0991 e. The van der Waals surface area contributed by atoms with Gasteiger partial charge in [-0.3, -0.25) is 0 Å². The van der Waals surface area contributed by atoms with Gasteiger partial charge in [-0.05, 0) is 54.9 Å². The Bertz CT molecular complexity index is 719. The maximum Gasteiger partial charge on any atom is 0.0487 e. The molecule has 0 nitrogen and oxygen atoms in total. The average Bonchev–Trinajstić information content (AvgIpc) is 2.82. The summed E-state index contributed by atoms with van der Waals surface area (Å²) in [4.78, 5) is 0. The van der Waals surface area contributed by atoms with Crippen LogP contribution in [0, 0.1) is 5.92 Å². The molecule has 1 aromatic carbocycles. The van der Waals surface area contributed by atoms with Crippen molar-refractivity contribution in [3.8, 4) is 0 Å². The molecule has 0 amide bonds. The van der Waals surface area contributed by atoms with Crippen molar-refractivity contribution in [3.63, 3.8) is 0 Å². The number of benzene rings is 1. The van der Waals surface area contributed by atoms with Crippen molar-refractivity contribution < 1.29 is 0 Å². The number of rotatable bonds is 2. The molecule has 23 heavy (non-hydrogen) atoms. The number of halogens is 1. The highest BCUT2D eigenvalue weighted by molar-refractivity contribution is 6.33. The first kappa shape index (κ1) is 16.3. The van der Waals surface area contributed by atoms with Crippen LogP contribution in [0.4, 0.5) is 0 Å². The molecule has 0 bridgehead atoms.